The van der Waals surface area contributed by atoms with Crippen LogP contribution in [0.3, 0.4) is 0 Å². The third kappa shape index (κ3) is 4.02. The van der Waals surface area contributed by atoms with Gasteiger partial charge in [0.25, 0.3) is 0 Å². The van der Waals surface area contributed by atoms with E-state index >= 15 is 0 Å². The van der Waals surface area contributed by atoms with Gasteiger partial charge < -0.3 is 4.90 Å². The lowest BCUT2D eigenvalue weighted by atomic mass is 9.79. The maximum atomic E-state index is 2.54. The van der Waals surface area contributed by atoms with Crippen molar-refractivity contribution in [3.63, 3.8) is 0 Å². The van der Waals surface area contributed by atoms with Crippen LogP contribution in [0.4, 0.5) is 17.1 Å². The second kappa shape index (κ2) is 10.0. The van der Waals surface area contributed by atoms with E-state index in [1.54, 1.807) is 0 Å². The average molecular weight is 604 g/mol. The predicted molar refractivity (Wildman–Crippen MR) is 199 cm³/mol. The molecule has 0 atom stereocenters. The quantitative estimate of drug-likeness (QED) is 0.193. The van der Waals surface area contributed by atoms with Crippen molar-refractivity contribution >= 4 is 27.8 Å². The topological polar surface area (TPSA) is 3.24 Å². The molecule has 1 heteroatoms. The van der Waals surface area contributed by atoms with Crippen molar-refractivity contribution < 1.29 is 0 Å². The number of anilines is 3. The Morgan fingerprint density at radius 2 is 0.851 bits per heavy atom. The van der Waals surface area contributed by atoms with Crippen molar-refractivity contribution in [1.82, 2.24) is 0 Å². The fourth-order valence-electron chi connectivity index (χ4n) is 8.39. The Morgan fingerprint density at radius 1 is 0.362 bits per heavy atom. The standard InChI is InChI=1S/C46H37N/c1-45(2)40-26-33(47(31-18-10-6-11-19-31)32-20-12-7-13-21-32)24-25-35(40)38-28-42-39(29-41(38)45)44-36-23-15-14-22-34(36)37(27-43(44)46(42,3)4)30-16-8-5-9-17-30/h5-29H,1-4H3. The molecule has 0 saturated carbocycles. The minimum absolute atomic E-state index is 0.127. The van der Waals surface area contributed by atoms with Crippen molar-refractivity contribution in [2.45, 2.75) is 38.5 Å². The fourth-order valence-corrected chi connectivity index (χ4v) is 8.39. The minimum atomic E-state index is -0.151. The van der Waals surface area contributed by atoms with Gasteiger partial charge in [-0.1, -0.05) is 125 Å². The van der Waals surface area contributed by atoms with Crippen molar-refractivity contribution in [3.8, 4) is 33.4 Å². The van der Waals surface area contributed by atoms with Crippen molar-refractivity contribution in [3.05, 3.63) is 174 Å². The van der Waals surface area contributed by atoms with E-state index in [0.29, 0.717) is 0 Å². The summed E-state index contributed by atoms with van der Waals surface area (Å²) in [4.78, 5) is 2.37. The van der Waals surface area contributed by atoms with E-state index in [4.69, 9.17) is 0 Å². The average Bonchev–Trinajstić information content (AvgIpc) is 3.47. The molecule has 0 bridgehead atoms. The van der Waals surface area contributed by atoms with Crippen LogP contribution in [0.2, 0.25) is 0 Å². The molecule has 0 radical (unpaired) electrons. The normalized spacial score (nSPS) is 14.7. The Bertz CT molecular complexity index is 2290. The zero-order chi connectivity index (χ0) is 31.9. The summed E-state index contributed by atoms with van der Waals surface area (Å²) >= 11 is 0. The Balaban J connectivity index is 1.23. The van der Waals surface area contributed by atoms with Crippen molar-refractivity contribution in [2.75, 3.05) is 4.90 Å². The fraction of sp³-hybridized carbons (Fsp3) is 0.130. The summed E-state index contributed by atoms with van der Waals surface area (Å²) in [5.74, 6) is 0. The molecule has 226 valence electrons. The van der Waals surface area contributed by atoms with Crippen LogP contribution < -0.4 is 4.90 Å². The second-order valence-electron chi connectivity index (χ2n) is 14.2. The lowest BCUT2D eigenvalue weighted by Gasteiger charge is -2.28. The molecule has 0 heterocycles. The number of nitrogens with zero attached hydrogens (tertiary/aromatic N) is 1. The first-order valence-corrected chi connectivity index (χ1v) is 16.7. The molecule has 0 saturated heterocycles. The summed E-state index contributed by atoms with van der Waals surface area (Å²) in [6.45, 7) is 9.63. The van der Waals surface area contributed by atoms with Crippen LogP contribution in [0, 0.1) is 0 Å². The van der Waals surface area contributed by atoms with E-state index in [-0.39, 0.29) is 10.8 Å². The third-order valence-electron chi connectivity index (χ3n) is 10.8. The molecule has 9 rings (SSSR count). The summed E-state index contributed by atoms with van der Waals surface area (Å²) < 4.78 is 0. The molecule has 0 aromatic heterocycles. The summed E-state index contributed by atoms with van der Waals surface area (Å²) in [5.41, 5.74) is 16.9. The number of para-hydroxylation sites is 2. The highest BCUT2D eigenvalue weighted by atomic mass is 15.1. The lowest BCUT2D eigenvalue weighted by molar-refractivity contribution is 0.652. The van der Waals surface area contributed by atoms with Gasteiger partial charge in [-0.05, 0) is 121 Å². The summed E-state index contributed by atoms with van der Waals surface area (Å²) in [5, 5.41) is 2.66. The largest absolute Gasteiger partial charge is 0.310 e. The molecule has 0 amide bonds. The zero-order valence-corrected chi connectivity index (χ0v) is 27.4. The van der Waals surface area contributed by atoms with Crippen molar-refractivity contribution in [2.24, 2.45) is 0 Å². The number of rotatable bonds is 4. The molecule has 0 N–H and O–H groups in total. The van der Waals surface area contributed by atoms with Gasteiger partial charge in [0, 0.05) is 27.9 Å². The molecular formula is C46H37N. The highest BCUT2D eigenvalue weighted by Crippen LogP contribution is 2.58. The lowest BCUT2D eigenvalue weighted by Crippen LogP contribution is -2.17. The van der Waals surface area contributed by atoms with E-state index in [0.717, 1.165) is 11.4 Å². The van der Waals surface area contributed by atoms with Crippen LogP contribution in [0.15, 0.2) is 152 Å². The molecule has 2 aliphatic rings. The Morgan fingerprint density at radius 3 is 1.51 bits per heavy atom. The van der Waals surface area contributed by atoms with Gasteiger partial charge in [-0.2, -0.15) is 0 Å². The van der Waals surface area contributed by atoms with E-state index in [9.17, 15) is 0 Å². The first-order chi connectivity index (χ1) is 22.8. The van der Waals surface area contributed by atoms with Crippen LogP contribution >= 0.6 is 0 Å². The van der Waals surface area contributed by atoms with Crippen LogP contribution in [-0.4, -0.2) is 0 Å². The molecule has 47 heavy (non-hydrogen) atoms. The molecule has 0 spiro atoms. The number of hydrogen-bond acceptors (Lipinski definition) is 1. The Hall–Kier alpha value is -5.40. The predicted octanol–water partition coefficient (Wildman–Crippen LogP) is 12.6. The van der Waals surface area contributed by atoms with Crippen LogP contribution in [0.1, 0.15) is 49.9 Å². The van der Waals surface area contributed by atoms with Crippen LogP contribution in [0.25, 0.3) is 44.2 Å². The number of fused-ring (bicyclic) bond motifs is 8. The molecule has 0 unspecified atom stereocenters. The van der Waals surface area contributed by atoms with Gasteiger partial charge in [0.1, 0.15) is 0 Å². The zero-order valence-electron chi connectivity index (χ0n) is 27.4. The molecule has 2 aliphatic carbocycles. The maximum absolute atomic E-state index is 2.54. The smallest absolute Gasteiger partial charge is 0.0465 e. The van der Waals surface area contributed by atoms with E-state index in [1.165, 1.54) is 72.1 Å². The van der Waals surface area contributed by atoms with Gasteiger partial charge in [-0.25, -0.2) is 0 Å². The molecular weight excluding hydrogens is 567 g/mol. The van der Waals surface area contributed by atoms with Crippen molar-refractivity contribution in [1.29, 1.82) is 0 Å². The number of benzene rings is 7. The van der Waals surface area contributed by atoms with E-state index in [1.807, 2.05) is 0 Å². The summed E-state index contributed by atoms with van der Waals surface area (Å²) in [7, 11) is 0. The highest BCUT2D eigenvalue weighted by molar-refractivity contribution is 6.09. The third-order valence-corrected chi connectivity index (χ3v) is 10.8. The van der Waals surface area contributed by atoms with Gasteiger partial charge >= 0.3 is 0 Å². The first kappa shape index (κ1) is 27.9. The van der Waals surface area contributed by atoms with Crippen LogP contribution in [0.5, 0.6) is 0 Å². The van der Waals surface area contributed by atoms with Gasteiger partial charge in [0.15, 0.2) is 0 Å². The van der Waals surface area contributed by atoms with Gasteiger partial charge in [0.2, 0.25) is 0 Å². The Kier molecular flexibility index (Phi) is 5.96. The summed E-state index contributed by atoms with van der Waals surface area (Å²) in [6, 6.07) is 55.9. The van der Waals surface area contributed by atoms with Gasteiger partial charge in [0.05, 0.1) is 0 Å². The van der Waals surface area contributed by atoms with E-state index in [2.05, 4.69) is 184 Å². The summed E-state index contributed by atoms with van der Waals surface area (Å²) in [6.07, 6.45) is 0. The van der Waals surface area contributed by atoms with Gasteiger partial charge in [-0.3, -0.25) is 0 Å². The van der Waals surface area contributed by atoms with Gasteiger partial charge in [-0.15, -0.1) is 0 Å². The molecule has 7 aromatic carbocycles. The maximum Gasteiger partial charge on any atom is 0.0465 e. The first-order valence-electron chi connectivity index (χ1n) is 16.7. The van der Waals surface area contributed by atoms with E-state index < -0.39 is 0 Å². The van der Waals surface area contributed by atoms with Crippen LogP contribution in [-0.2, 0) is 10.8 Å². The minimum Gasteiger partial charge on any atom is -0.310 e. The second-order valence-corrected chi connectivity index (χ2v) is 14.2. The molecule has 0 aliphatic heterocycles. The molecule has 0 fully saturated rings. The molecule has 7 aromatic rings. The highest BCUT2D eigenvalue weighted by Gasteiger charge is 2.42. The SMILES string of the molecule is CC1(C)c2cc(N(c3ccccc3)c3ccccc3)ccc2-c2cc3c(cc21)-c1c(cc(-c2ccccc2)c2ccccc12)C3(C)C. The monoisotopic (exact) mass is 603 g/mol. The molecule has 1 nitrogen and oxygen atoms in total. The number of hydrogen-bond donors (Lipinski definition) is 0. The Labute approximate surface area is 277 Å².